The number of nitrogens with one attached hydrogen (secondary N) is 2. The van der Waals surface area contributed by atoms with Gasteiger partial charge in [-0.25, -0.2) is 4.79 Å². The molecule has 7 nitrogen and oxygen atoms in total. The normalized spacial score (nSPS) is 20.5. The minimum Gasteiger partial charge on any atom is -0.453 e. The van der Waals surface area contributed by atoms with Crippen LogP contribution < -0.4 is 10.6 Å². The van der Waals surface area contributed by atoms with E-state index in [4.69, 9.17) is 9.73 Å². The number of halogens is 1. The van der Waals surface area contributed by atoms with Crippen LogP contribution in [0.25, 0.3) is 9.40 Å². The molecule has 0 saturated carbocycles. The number of thiophene rings is 2. The van der Waals surface area contributed by atoms with Crippen LogP contribution in [0, 0.1) is 0 Å². The van der Waals surface area contributed by atoms with E-state index in [-0.39, 0.29) is 18.0 Å². The molecule has 3 atom stereocenters. The molecule has 0 fully saturated rings. The first kappa shape index (κ1) is 22.1. The van der Waals surface area contributed by atoms with Gasteiger partial charge in [-0.1, -0.05) is 42.5 Å². The lowest BCUT2D eigenvalue weighted by atomic mass is 10.0. The van der Waals surface area contributed by atoms with Gasteiger partial charge in [0.15, 0.2) is 0 Å². The minimum absolute atomic E-state index is 0.0902. The van der Waals surface area contributed by atoms with Crippen molar-refractivity contribution in [2.75, 3.05) is 20.2 Å². The second kappa shape index (κ2) is 9.28. The van der Waals surface area contributed by atoms with E-state index in [2.05, 4.69) is 38.7 Å². The highest BCUT2D eigenvalue weighted by Crippen LogP contribution is 2.38. The summed E-state index contributed by atoms with van der Waals surface area (Å²) in [6.45, 7) is 1.07. The highest BCUT2D eigenvalue weighted by Gasteiger charge is 2.37. The summed E-state index contributed by atoms with van der Waals surface area (Å²) in [5, 5.41) is 6.21. The van der Waals surface area contributed by atoms with Gasteiger partial charge in [0.25, 0.3) is 5.91 Å². The second-order valence-electron chi connectivity index (χ2n) is 7.69. The Balaban J connectivity index is 1.33. The second-order valence-corrected chi connectivity index (χ2v) is 11.3. The van der Waals surface area contributed by atoms with E-state index in [1.54, 1.807) is 27.6 Å². The van der Waals surface area contributed by atoms with Gasteiger partial charge >= 0.3 is 6.09 Å². The minimum atomic E-state index is -0.846. The molecule has 33 heavy (non-hydrogen) atoms. The molecule has 0 aliphatic carbocycles. The zero-order valence-electron chi connectivity index (χ0n) is 17.7. The number of nitrogens with zero attached hydrogens (tertiary/aromatic N) is 2. The number of amidine groups is 1. The van der Waals surface area contributed by atoms with Crippen molar-refractivity contribution < 1.29 is 14.3 Å². The summed E-state index contributed by atoms with van der Waals surface area (Å²) in [5.41, 5.74) is 0.697. The number of benzene rings is 1. The first-order valence-electron chi connectivity index (χ1n) is 10.4. The fourth-order valence-electron chi connectivity index (χ4n) is 4.06. The van der Waals surface area contributed by atoms with Crippen LogP contribution in [-0.2, 0) is 9.53 Å². The maximum Gasteiger partial charge on any atom is 0.407 e. The Bertz CT molecular complexity index is 1220. The number of carbonyl (C=O) groups excluding carboxylic acids is 2. The Kier molecular flexibility index (Phi) is 6.22. The zero-order valence-corrected chi connectivity index (χ0v) is 20.9. The molecular weight excluding hydrogens is 524 g/mol. The van der Waals surface area contributed by atoms with Crippen LogP contribution in [-0.4, -0.2) is 49.0 Å². The monoisotopic (exact) mass is 544 g/mol. The number of aliphatic imine (C=N–C) groups is 1. The van der Waals surface area contributed by atoms with E-state index >= 15 is 0 Å². The summed E-state index contributed by atoms with van der Waals surface area (Å²) in [7, 11) is 1.28. The average molecular weight is 545 g/mol. The summed E-state index contributed by atoms with van der Waals surface area (Å²) < 4.78 is 8.40. The molecular formula is C23H21BrN4O3S2. The van der Waals surface area contributed by atoms with Gasteiger partial charge in [-0.3, -0.25) is 9.79 Å². The standard InChI is InChI=1S/C23H21BrN4O3S2/c1-31-23(30)27-20(13-6-3-2-4-7-13)22(29)28-9-5-8-15(28)21-25-12-14(26-21)16-10-17-18(32-16)11-19(24)33-17/h2-8,10-11,14-15,20H,9,12H2,1H3,(H,25,26)(H,27,30). The predicted molar refractivity (Wildman–Crippen MR) is 135 cm³/mol. The number of hydrogen-bond donors (Lipinski definition) is 2. The molecule has 5 rings (SSSR count). The van der Waals surface area contributed by atoms with E-state index in [1.165, 1.54) is 21.4 Å². The smallest absolute Gasteiger partial charge is 0.407 e. The lowest BCUT2D eigenvalue weighted by Gasteiger charge is -2.29. The Labute approximate surface area is 207 Å². The van der Waals surface area contributed by atoms with Gasteiger partial charge in [0.1, 0.15) is 17.9 Å². The highest BCUT2D eigenvalue weighted by atomic mass is 79.9. The van der Waals surface area contributed by atoms with Gasteiger partial charge in [0, 0.05) is 20.8 Å². The van der Waals surface area contributed by atoms with E-state index in [0.29, 0.717) is 18.7 Å². The zero-order chi connectivity index (χ0) is 22.9. The average Bonchev–Trinajstić information content (AvgIpc) is 3.60. The van der Waals surface area contributed by atoms with Crippen LogP contribution in [0.5, 0.6) is 0 Å². The Morgan fingerprint density at radius 1 is 1.24 bits per heavy atom. The first-order chi connectivity index (χ1) is 16.0. The van der Waals surface area contributed by atoms with Crippen LogP contribution in [0.1, 0.15) is 22.5 Å². The molecule has 0 spiro atoms. The Morgan fingerprint density at radius 2 is 2.03 bits per heavy atom. The fraction of sp³-hybridized carbons (Fsp3) is 0.261. The number of methoxy groups -OCH3 is 1. The topological polar surface area (TPSA) is 83.0 Å². The lowest BCUT2D eigenvalue weighted by molar-refractivity contribution is -0.133. The maximum atomic E-state index is 13.6. The number of alkyl carbamates (subject to hydrolysis) is 1. The van der Waals surface area contributed by atoms with Gasteiger partial charge < -0.3 is 20.3 Å². The largest absolute Gasteiger partial charge is 0.453 e. The molecule has 170 valence electrons. The van der Waals surface area contributed by atoms with Crippen LogP contribution >= 0.6 is 38.6 Å². The fourth-order valence-corrected chi connectivity index (χ4v) is 7.14. The van der Waals surface area contributed by atoms with Crippen molar-refractivity contribution in [2.45, 2.75) is 18.1 Å². The molecule has 2 amide bonds. The highest BCUT2D eigenvalue weighted by molar-refractivity contribution is 9.11. The molecule has 4 heterocycles. The lowest BCUT2D eigenvalue weighted by Crippen LogP contribution is -2.49. The van der Waals surface area contributed by atoms with Gasteiger partial charge in [0.05, 0.1) is 23.5 Å². The summed E-state index contributed by atoms with van der Waals surface area (Å²) in [6, 6.07) is 12.5. The van der Waals surface area contributed by atoms with E-state index in [9.17, 15) is 9.59 Å². The van der Waals surface area contributed by atoms with Crippen LogP contribution in [0.3, 0.4) is 0 Å². The van der Waals surface area contributed by atoms with Crippen molar-refractivity contribution in [2.24, 2.45) is 4.99 Å². The van der Waals surface area contributed by atoms with Gasteiger partial charge in [0.2, 0.25) is 0 Å². The molecule has 3 aromatic rings. The number of hydrogen-bond acceptors (Lipinski definition) is 7. The molecule has 3 unspecified atom stereocenters. The molecule has 2 aliphatic heterocycles. The molecule has 0 radical (unpaired) electrons. The van der Waals surface area contributed by atoms with Gasteiger partial charge in [-0.2, -0.15) is 0 Å². The van der Waals surface area contributed by atoms with Crippen LogP contribution in [0.2, 0.25) is 0 Å². The third kappa shape index (κ3) is 4.42. The van der Waals surface area contributed by atoms with Gasteiger partial charge in [-0.05, 0) is 33.6 Å². The van der Waals surface area contributed by atoms with Crippen LogP contribution in [0.15, 0.2) is 63.4 Å². The molecule has 10 heteroatoms. The molecule has 2 N–H and O–H groups in total. The van der Waals surface area contributed by atoms with E-state index in [1.807, 2.05) is 42.5 Å². The number of carbonyl (C=O) groups is 2. The third-order valence-electron chi connectivity index (χ3n) is 5.65. The predicted octanol–water partition coefficient (Wildman–Crippen LogP) is 4.63. The summed E-state index contributed by atoms with van der Waals surface area (Å²) in [6.07, 6.45) is 3.29. The summed E-state index contributed by atoms with van der Waals surface area (Å²) in [5.74, 6) is 0.556. The maximum absolute atomic E-state index is 13.6. The van der Waals surface area contributed by atoms with Crippen molar-refractivity contribution in [1.82, 2.24) is 15.5 Å². The van der Waals surface area contributed by atoms with Crippen molar-refractivity contribution >= 4 is 65.8 Å². The number of fused-ring (bicyclic) bond motifs is 1. The quantitative estimate of drug-likeness (QED) is 0.458. The van der Waals surface area contributed by atoms with Crippen molar-refractivity contribution in [1.29, 1.82) is 0 Å². The Morgan fingerprint density at radius 3 is 2.79 bits per heavy atom. The van der Waals surface area contributed by atoms with E-state index < -0.39 is 12.1 Å². The third-order valence-corrected chi connectivity index (χ3v) is 8.56. The molecule has 0 saturated heterocycles. The molecule has 2 aromatic heterocycles. The van der Waals surface area contributed by atoms with E-state index in [0.717, 1.165) is 9.62 Å². The van der Waals surface area contributed by atoms with Crippen molar-refractivity contribution in [3.05, 3.63) is 68.8 Å². The molecule has 1 aromatic carbocycles. The molecule has 0 bridgehead atoms. The van der Waals surface area contributed by atoms with Crippen molar-refractivity contribution in [3.8, 4) is 0 Å². The number of ether oxygens (including phenoxy) is 1. The molecule has 2 aliphatic rings. The van der Waals surface area contributed by atoms with Crippen LogP contribution in [0.4, 0.5) is 4.79 Å². The summed E-state index contributed by atoms with van der Waals surface area (Å²) >= 11 is 7.03. The summed E-state index contributed by atoms with van der Waals surface area (Å²) in [4.78, 5) is 33.2. The Hall–Kier alpha value is -2.69. The first-order valence-corrected chi connectivity index (χ1v) is 12.8. The number of amides is 2. The van der Waals surface area contributed by atoms with Gasteiger partial charge in [-0.15, -0.1) is 22.7 Å². The van der Waals surface area contributed by atoms with Crippen molar-refractivity contribution in [3.63, 3.8) is 0 Å². The SMILES string of the molecule is COC(=O)NC(C(=O)N1CC=CC1C1=NCC(c2cc3sc(Br)cc3s2)N1)c1ccccc1. The number of rotatable bonds is 5.